The summed E-state index contributed by atoms with van der Waals surface area (Å²) in [6.45, 7) is 5.93. The molecule has 0 unspecified atom stereocenters. The fourth-order valence-corrected chi connectivity index (χ4v) is 3.24. The van der Waals surface area contributed by atoms with E-state index >= 15 is 0 Å². The molecule has 0 bridgehead atoms. The van der Waals surface area contributed by atoms with E-state index in [-0.39, 0.29) is 0 Å². The van der Waals surface area contributed by atoms with Gasteiger partial charge in [0, 0.05) is 30.8 Å². The third kappa shape index (κ3) is 2.70. The lowest BCUT2D eigenvalue weighted by Crippen LogP contribution is -2.55. The number of rotatable bonds is 4. The molecule has 2 aliphatic rings. The Labute approximate surface area is 127 Å². The van der Waals surface area contributed by atoms with Crippen LogP contribution in [-0.4, -0.2) is 39.3 Å². The van der Waals surface area contributed by atoms with Gasteiger partial charge in [0.15, 0.2) is 0 Å². The van der Waals surface area contributed by atoms with Gasteiger partial charge in [-0.05, 0) is 26.7 Å². The Kier molecular flexibility index (Phi) is 3.02. The summed E-state index contributed by atoms with van der Waals surface area (Å²) in [4.78, 5) is 11.4. The van der Waals surface area contributed by atoms with Gasteiger partial charge in [0.05, 0.1) is 6.04 Å². The van der Waals surface area contributed by atoms with Crippen LogP contribution in [0.15, 0.2) is 6.07 Å². The molecule has 1 aliphatic carbocycles. The first-order valence-electron chi connectivity index (χ1n) is 7.34. The minimum atomic E-state index is 0.426. The summed E-state index contributed by atoms with van der Waals surface area (Å²) in [6.07, 6.45) is 2.47. The third-order valence-corrected chi connectivity index (χ3v) is 4.73. The molecule has 3 heterocycles. The first-order chi connectivity index (χ1) is 10.2. The molecular weight excluding hydrogens is 284 g/mol. The van der Waals surface area contributed by atoms with Crippen molar-refractivity contribution in [2.75, 3.05) is 23.3 Å². The summed E-state index contributed by atoms with van der Waals surface area (Å²) < 4.78 is 0. The number of hydrogen-bond donors (Lipinski definition) is 1. The Morgan fingerprint density at radius 1 is 1.19 bits per heavy atom. The summed E-state index contributed by atoms with van der Waals surface area (Å²) in [6, 6.07) is 2.46. The maximum Gasteiger partial charge on any atom is 0.208 e. The molecule has 6 nitrogen and oxygen atoms in total. The van der Waals surface area contributed by atoms with Gasteiger partial charge in [-0.25, -0.2) is 9.97 Å². The van der Waals surface area contributed by atoms with E-state index in [4.69, 9.17) is 0 Å². The van der Waals surface area contributed by atoms with Gasteiger partial charge in [0.25, 0.3) is 0 Å². The van der Waals surface area contributed by atoms with Gasteiger partial charge in [0.1, 0.15) is 16.6 Å². The van der Waals surface area contributed by atoms with E-state index in [1.54, 1.807) is 11.3 Å². The van der Waals surface area contributed by atoms with E-state index in [0.717, 1.165) is 40.6 Å². The maximum absolute atomic E-state index is 4.65. The molecule has 0 spiro atoms. The topological polar surface area (TPSA) is 66.8 Å². The SMILES string of the molecule is Cc1cc(NC2CN(c3nnc(C)s3)C2)nc(C2CC2)n1. The van der Waals surface area contributed by atoms with Gasteiger partial charge >= 0.3 is 0 Å². The molecule has 110 valence electrons. The van der Waals surface area contributed by atoms with Gasteiger partial charge in [-0.15, -0.1) is 10.2 Å². The highest BCUT2D eigenvalue weighted by Gasteiger charge is 2.30. The lowest BCUT2D eigenvalue weighted by molar-refractivity contribution is 0.545. The highest BCUT2D eigenvalue weighted by Crippen LogP contribution is 2.38. The molecule has 2 aromatic heterocycles. The van der Waals surface area contributed by atoms with Crippen LogP contribution in [0.25, 0.3) is 0 Å². The first-order valence-corrected chi connectivity index (χ1v) is 8.16. The van der Waals surface area contributed by atoms with Crippen molar-refractivity contribution in [2.24, 2.45) is 0 Å². The number of anilines is 2. The fraction of sp³-hybridized carbons (Fsp3) is 0.571. The second kappa shape index (κ2) is 4.91. The van der Waals surface area contributed by atoms with Crippen molar-refractivity contribution in [1.29, 1.82) is 0 Å². The zero-order chi connectivity index (χ0) is 14.4. The standard InChI is InChI=1S/C14H18N6S/c1-8-5-12(17-13(15-8)10-3-4-10)16-11-6-20(7-11)14-19-18-9(2)21-14/h5,10-11H,3-4,6-7H2,1-2H3,(H,15,16,17). The lowest BCUT2D eigenvalue weighted by atomic mass is 10.1. The van der Waals surface area contributed by atoms with E-state index in [1.165, 1.54) is 12.8 Å². The van der Waals surface area contributed by atoms with Crippen molar-refractivity contribution < 1.29 is 0 Å². The van der Waals surface area contributed by atoms with Gasteiger partial charge in [-0.1, -0.05) is 11.3 Å². The average Bonchev–Trinajstić information content (AvgIpc) is 3.16. The number of aromatic nitrogens is 4. The van der Waals surface area contributed by atoms with Crippen LogP contribution in [0.2, 0.25) is 0 Å². The molecule has 2 aromatic rings. The van der Waals surface area contributed by atoms with E-state index in [1.807, 2.05) is 19.9 Å². The Morgan fingerprint density at radius 3 is 2.67 bits per heavy atom. The molecule has 1 saturated heterocycles. The number of nitrogens with one attached hydrogen (secondary N) is 1. The highest BCUT2D eigenvalue weighted by molar-refractivity contribution is 7.15. The van der Waals surface area contributed by atoms with Crippen LogP contribution in [0.1, 0.15) is 35.3 Å². The number of nitrogens with zero attached hydrogens (tertiary/aromatic N) is 5. The van der Waals surface area contributed by atoms with Crippen LogP contribution in [0.5, 0.6) is 0 Å². The van der Waals surface area contributed by atoms with E-state index in [2.05, 4.69) is 30.4 Å². The van der Waals surface area contributed by atoms with Crippen LogP contribution >= 0.6 is 11.3 Å². The molecule has 0 atom stereocenters. The van der Waals surface area contributed by atoms with Crippen molar-refractivity contribution in [3.63, 3.8) is 0 Å². The smallest absolute Gasteiger partial charge is 0.208 e. The average molecular weight is 302 g/mol. The van der Waals surface area contributed by atoms with Crippen LogP contribution in [0.4, 0.5) is 10.9 Å². The Balaban J connectivity index is 1.39. The fourth-order valence-electron chi connectivity index (χ4n) is 2.54. The molecule has 0 amide bonds. The third-order valence-electron chi connectivity index (χ3n) is 3.83. The molecule has 1 N–H and O–H groups in total. The zero-order valence-electron chi connectivity index (χ0n) is 12.2. The number of aryl methyl sites for hydroxylation is 2. The molecule has 1 saturated carbocycles. The largest absolute Gasteiger partial charge is 0.364 e. The minimum absolute atomic E-state index is 0.426. The van der Waals surface area contributed by atoms with E-state index in [0.29, 0.717) is 12.0 Å². The van der Waals surface area contributed by atoms with Gasteiger partial charge in [-0.2, -0.15) is 0 Å². The quantitative estimate of drug-likeness (QED) is 0.933. The van der Waals surface area contributed by atoms with Crippen molar-refractivity contribution in [1.82, 2.24) is 20.2 Å². The van der Waals surface area contributed by atoms with Gasteiger partial charge in [-0.3, -0.25) is 0 Å². The van der Waals surface area contributed by atoms with E-state index in [9.17, 15) is 0 Å². The summed E-state index contributed by atoms with van der Waals surface area (Å²) in [5, 5.41) is 13.8. The minimum Gasteiger partial charge on any atom is -0.364 e. The lowest BCUT2D eigenvalue weighted by Gasteiger charge is -2.39. The summed E-state index contributed by atoms with van der Waals surface area (Å²) in [5.74, 6) is 2.56. The van der Waals surface area contributed by atoms with Crippen molar-refractivity contribution in [2.45, 2.75) is 38.6 Å². The van der Waals surface area contributed by atoms with Crippen LogP contribution < -0.4 is 10.2 Å². The van der Waals surface area contributed by atoms with Crippen molar-refractivity contribution >= 4 is 22.3 Å². The van der Waals surface area contributed by atoms with Gasteiger partial charge < -0.3 is 10.2 Å². The zero-order valence-corrected chi connectivity index (χ0v) is 13.0. The summed E-state index contributed by atoms with van der Waals surface area (Å²) in [5.41, 5.74) is 1.05. The molecule has 1 aliphatic heterocycles. The Bertz CT molecular complexity index is 659. The number of hydrogen-bond acceptors (Lipinski definition) is 7. The normalized spacial score (nSPS) is 18.7. The van der Waals surface area contributed by atoms with Crippen LogP contribution in [0.3, 0.4) is 0 Å². The van der Waals surface area contributed by atoms with Crippen molar-refractivity contribution in [3.8, 4) is 0 Å². The predicted octanol–water partition coefficient (Wildman–Crippen LogP) is 2.12. The van der Waals surface area contributed by atoms with Crippen molar-refractivity contribution in [3.05, 3.63) is 22.6 Å². The Morgan fingerprint density at radius 2 is 2.00 bits per heavy atom. The molecule has 21 heavy (non-hydrogen) atoms. The van der Waals surface area contributed by atoms with Gasteiger partial charge in [0.2, 0.25) is 5.13 Å². The predicted molar refractivity (Wildman–Crippen MR) is 83.0 cm³/mol. The molecule has 0 aromatic carbocycles. The second-order valence-corrected chi connectivity index (χ2v) is 7.04. The molecule has 7 heteroatoms. The summed E-state index contributed by atoms with van der Waals surface area (Å²) in [7, 11) is 0. The van der Waals surface area contributed by atoms with Crippen LogP contribution in [-0.2, 0) is 0 Å². The highest BCUT2D eigenvalue weighted by atomic mass is 32.1. The molecule has 2 fully saturated rings. The first kappa shape index (κ1) is 12.9. The van der Waals surface area contributed by atoms with E-state index < -0.39 is 0 Å². The molecule has 4 rings (SSSR count). The Hall–Kier alpha value is -1.76. The van der Waals surface area contributed by atoms with Crippen LogP contribution in [0, 0.1) is 13.8 Å². The molecular formula is C14H18N6S. The maximum atomic E-state index is 4.65. The second-order valence-electron chi connectivity index (χ2n) is 5.88. The molecule has 0 radical (unpaired) electrons. The monoisotopic (exact) mass is 302 g/mol. The summed E-state index contributed by atoms with van der Waals surface area (Å²) >= 11 is 1.65.